The van der Waals surface area contributed by atoms with Crippen LogP contribution in [0.15, 0.2) is 47.6 Å². The molecule has 2 aromatic carbocycles. The normalized spacial score (nSPS) is 11.2. The zero-order valence-electron chi connectivity index (χ0n) is 14.1. The van der Waals surface area contributed by atoms with Gasteiger partial charge in [-0.05, 0) is 42.7 Å². The second-order valence-corrected chi connectivity index (χ2v) is 5.87. The molecule has 24 heavy (non-hydrogen) atoms. The Balaban J connectivity index is 2.11. The summed E-state index contributed by atoms with van der Waals surface area (Å²) in [7, 11) is 1.51. The van der Waals surface area contributed by atoms with Crippen LogP contribution in [-0.4, -0.2) is 18.7 Å². The summed E-state index contributed by atoms with van der Waals surface area (Å²) in [5.74, 6) is 0.0879. The van der Waals surface area contributed by atoms with E-state index in [-0.39, 0.29) is 5.91 Å². The minimum absolute atomic E-state index is 0.347. The van der Waals surface area contributed by atoms with Gasteiger partial charge in [-0.3, -0.25) is 4.79 Å². The van der Waals surface area contributed by atoms with E-state index in [9.17, 15) is 4.79 Å². The third-order valence-corrected chi connectivity index (χ3v) is 3.88. The molecule has 0 saturated carbocycles. The number of hydrogen-bond donors (Lipinski definition) is 1. The van der Waals surface area contributed by atoms with E-state index < -0.39 is 0 Å². The van der Waals surface area contributed by atoms with Crippen LogP contribution in [0, 0.1) is 0 Å². The Labute approximate surface area is 147 Å². The molecule has 1 N–H and O–H groups in total. The zero-order valence-corrected chi connectivity index (χ0v) is 14.9. The highest BCUT2D eigenvalue weighted by Gasteiger charge is 2.12. The van der Waals surface area contributed by atoms with Gasteiger partial charge in [-0.2, -0.15) is 5.10 Å². The second kappa shape index (κ2) is 8.50. The summed E-state index contributed by atoms with van der Waals surface area (Å²) in [4.78, 5) is 12.3. The molecule has 4 nitrogen and oxygen atoms in total. The molecule has 0 heterocycles. The first-order chi connectivity index (χ1) is 11.5. The van der Waals surface area contributed by atoms with Crippen molar-refractivity contribution in [2.75, 3.05) is 7.11 Å². The summed E-state index contributed by atoms with van der Waals surface area (Å²) in [6.45, 7) is 4.00. The molecular formula is C19H21ClN2O2. The Hall–Kier alpha value is -2.33. The van der Waals surface area contributed by atoms with Crippen LogP contribution in [-0.2, 0) is 6.42 Å². The molecule has 126 valence electrons. The number of halogens is 1. The van der Waals surface area contributed by atoms with Crippen LogP contribution in [0.2, 0.25) is 5.02 Å². The van der Waals surface area contributed by atoms with Crippen LogP contribution in [0.4, 0.5) is 0 Å². The number of amides is 1. The van der Waals surface area contributed by atoms with Crippen LogP contribution >= 0.6 is 11.6 Å². The summed E-state index contributed by atoms with van der Waals surface area (Å²) in [6, 6.07) is 13.1. The standard InChI is InChI=1S/C19H21ClN2O2/c1-4-5-14-6-8-15(9-7-14)13(2)21-22-19(23)17-12-16(20)10-11-18(17)24-3/h6-12H,4-5H2,1-3H3,(H,22,23)/b21-13+. The molecule has 1 amide bonds. The van der Waals surface area contributed by atoms with Crippen molar-refractivity contribution in [2.45, 2.75) is 26.7 Å². The molecular weight excluding hydrogens is 324 g/mol. The van der Waals surface area contributed by atoms with Gasteiger partial charge in [0.15, 0.2) is 0 Å². The van der Waals surface area contributed by atoms with E-state index in [2.05, 4.69) is 29.6 Å². The topological polar surface area (TPSA) is 50.7 Å². The molecule has 0 bridgehead atoms. The second-order valence-electron chi connectivity index (χ2n) is 5.43. The lowest BCUT2D eigenvalue weighted by Crippen LogP contribution is -2.20. The first-order valence-electron chi connectivity index (χ1n) is 7.82. The Morgan fingerprint density at radius 2 is 1.92 bits per heavy atom. The SMILES string of the molecule is CCCc1ccc(/C(C)=N/NC(=O)c2cc(Cl)ccc2OC)cc1. The molecule has 0 aliphatic rings. The Bertz CT molecular complexity index is 740. The Morgan fingerprint density at radius 3 is 2.54 bits per heavy atom. The third kappa shape index (κ3) is 4.59. The number of ether oxygens (including phenoxy) is 1. The molecule has 0 unspecified atom stereocenters. The van der Waals surface area contributed by atoms with Crippen molar-refractivity contribution in [1.29, 1.82) is 0 Å². The number of methoxy groups -OCH3 is 1. The molecule has 2 aromatic rings. The predicted molar refractivity (Wildman–Crippen MR) is 98.1 cm³/mol. The molecule has 0 spiro atoms. The fraction of sp³-hybridized carbons (Fsp3) is 0.263. The summed E-state index contributed by atoms with van der Waals surface area (Å²) >= 11 is 5.95. The van der Waals surface area contributed by atoms with Gasteiger partial charge in [0.25, 0.3) is 5.91 Å². The van der Waals surface area contributed by atoms with Gasteiger partial charge in [0, 0.05) is 5.02 Å². The van der Waals surface area contributed by atoms with Crippen molar-refractivity contribution >= 4 is 23.2 Å². The van der Waals surface area contributed by atoms with Crippen molar-refractivity contribution in [2.24, 2.45) is 5.10 Å². The third-order valence-electron chi connectivity index (χ3n) is 3.64. The van der Waals surface area contributed by atoms with E-state index in [0.29, 0.717) is 16.3 Å². The lowest BCUT2D eigenvalue weighted by Gasteiger charge is -2.08. The average molecular weight is 345 g/mol. The zero-order chi connectivity index (χ0) is 17.5. The van der Waals surface area contributed by atoms with Crippen molar-refractivity contribution in [3.8, 4) is 5.75 Å². The van der Waals surface area contributed by atoms with Crippen molar-refractivity contribution < 1.29 is 9.53 Å². The van der Waals surface area contributed by atoms with Crippen LogP contribution in [0.25, 0.3) is 0 Å². The van der Waals surface area contributed by atoms with E-state index in [1.807, 2.05) is 19.1 Å². The van der Waals surface area contributed by atoms with E-state index in [1.165, 1.54) is 12.7 Å². The summed E-state index contributed by atoms with van der Waals surface area (Å²) in [5.41, 5.74) is 5.88. The molecule has 0 radical (unpaired) electrons. The van der Waals surface area contributed by atoms with Crippen molar-refractivity contribution in [1.82, 2.24) is 5.43 Å². The molecule has 0 fully saturated rings. The number of rotatable bonds is 6. The minimum Gasteiger partial charge on any atom is -0.496 e. The van der Waals surface area contributed by atoms with Gasteiger partial charge in [-0.15, -0.1) is 0 Å². The highest BCUT2D eigenvalue weighted by molar-refractivity contribution is 6.31. The fourth-order valence-electron chi connectivity index (χ4n) is 2.32. The van der Waals surface area contributed by atoms with Gasteiger partial charge >= 0.3 is 0 Å². The summed E-state index contributed by atoms with van der Waals surface area (Å²) in [6.07, 6.45) is 2.17. The van der Waals surface area contributed by atoms with Crippen LogP contribution in [0.1, 0.15) is 41.8 Å². The summed E-state index contributed by atoms with van der Waals surface area (Å²) in [5, 5.41) is 4.64. The maximum absolute atomic E-state index is 12.3. The number of nitrogens with zero attached hydrogens (tertiary/aromatic N) is 1. The monoisotopic (exact) mass is 344 g/mol. The molecule has 5 heteroatoms. The van der Waals surface area contributed by atoms with Crippen LogP contribution < -0.4 is 10.2 Å². The number of aryl methyl sites for hydroxylation is 1. The minimum atomic E-state index is -0.365. The quantitative estimate of drug-likeness (QED) is 0.621. The van der Waals surface area contributed by atoms with Gasteiger partial charge in [0.2, 0.25) is 0 Å². The first kappa shape index (κ1) is 18.0. The number of nitrogens with one attached hydrogen (secondary N) is 1. The van der Waals surface area contributed by atoms with Crippen molar-refractivity contribution in [3.05, 3.63) is 64.2 Å². The van der Waals surface area contributed by atoms with E-state index in [0.717, 1.165) is 24.1 Å². The van der Waals surface area contributed by atoms with E-state index in [4.69, 9.17) is 16.3 Å². The number of hydrazone groups is 1. The molecule has 0 aliphatic carbocycles. The molecule has 0 saturated heterocycles. The maximum atomic E-state index is 12.3. The van der Waals surface area contributed by atoms with Gasteiger partial charge in [-0.1, -0.05) is 49.2 Å². The van der Waals surface area contributed by atoms with Gasteiger partial charge in [-0.25, -0.2) is 5.43 Å². The van der Waals surface area contributed by atoms with E-state index in [1.54, 1.807) is 18.2 Å². The number of hydrogen-bond acceptors (Lipinski definition) is 3. The lowest BCUT2D eigenvalue weighted by molar-refractivity contribution is 0.0952. The number of carbonyl (C=O) groups excluding carboxylic acids is 1. The first-order valence-corrected chi connectivity index (χ1v) is 8.20. The van der Waals surface area contributed by atoms with Gasteiger partial charge in [0.1, 0.15) is 5.75 Å². The van der Waals surface area contributed by atoms with Crippen LogP contribution in [0.5, 0.6) is 5.75 Å². The fourth-order valence-corrected chi connectivity index (χ4v) is 2.49. The van der Waals surface area contributed by atoms with Crippen molar-refractivity contribution in [3.63, 3.8) is 0 Å². The Morgan fingerprint density at radius 1 is 1.21 bits per heavy atom. The predicted octanol–water partition coefficient (Wildman–Crippen LogP) is 4.46. The average Bonchev–Trinajstić information content (AvgIpc) is 2.60. The van der Waals surface area contributed by atoms with Gasteiger partial charge < -0.3 is 4.74 Å². The highest BCUT2D eigenvalue weighted by Crippen LogP contribution is 2.22. The van der Waals surface area contributed by atoms with Crippen LogP contribution in [0.3, 0.4) is 0 Å². The Kier molecular flexibility index (Phi) is 6.38. The number of benzene rings is 2. The van der Waals surface area contributed by atoms with Gasteiger partial charge in [0.05, 0.1) is 18.4 Å². The molecule has 2 rings (SSSR count). The molecule has 0 aliphatic heterocycles. The lowest BCUT2D eigenvalue weighted by atomic mass is 10.1. The smallest absolute Gasteiger partial charge is 0.275 e. The maximum Gasteiger partial charge on any atom is 0.275 e. The summed E-state index contributed by atoms with van der Waals surface area (Å²) < 4.78 is 5.18. The highest BCUT2D eigenvalue weighted by atomic mass is 35.5. The molecule has 0 aromatic heterocycles. The van der Waals surface area contributed by atoms with E-state index >= 15 is 0 Å². The number of carbonyl (C=O) groups is 1. The largest absolute Gasteiger partial charge is 0.496 e. The molecule has 0 atom stereocenters.